The molecule has 1 aromatic rings. The van der Waals surface area contributed by atoms with Crippen molar-refractivity contribution in [3.63, 3.8) is 0 Å². The topological polar surface area (TPSA) is 51.2 Å². The fourth-order valence-corrected chi connectivity index (χ4v) is 3.68. The number of terminal acetylenes is 1. The van der Waals surface area contributed by atoms with E-state index < -0.39 is 23.9 Å². The number of amides is 1. The van der Waals surface area contributed by atoms with Gasteiger partial charge in [-0.3, -0.25) is 4.90 Å². The first-order chi connectivity index (χ1) is 14.3. The van der Waals surface area contributed by atoms with E-state index in [-0.39, 0.29) is 6.09 Å². The van der Waals surface area contributed by atoms with Crippen molar-refractivity contribution >= 4 is 18.7 Å². The van der Waals surface area contributed by atoms with E-state index in [2.05, 4.69) is 16.9 Å². The fraction of sp³-hybridized carbons (Fsp3) is 0.625. The number of carbonyl (C=O) groups excluding carboxylic acids is 1. The van der Waals surface area contributed by atoms with Gasteiger partial charge in [-0.05, 0) is 71.6 Å². The second-order valence-electron chi connectivity index (χ2n) is 10.4. The summed E-state index contributed by atoms with van der Waals surface area (Å²) in [6, 6.07) is 6.12. The standard InChI is InChI=1S/C24H35BN2O4/c1-9-18-14-19(16-20(15-18)25-30-23(5,6)24(7,8)31-25)17-26-10-12-27(13-11-26)21(28)29-22(2,3)4/h1,14-16H,10-13,17H2,2-8H3. The van der Waals surface area contributed by atoms with Crippen LogP contribution >= 0.6 is 0 Å². The molecule has 2 heterocycles. The van der Waals surface area contributed by atoms with E-state index >= 15 is 0 Å². The van der Waals surface area contributed by atoms with Crippen molar-refractivity contribution in [3.05, 3.63) is 29.3 Å². The molecule has 0 bridgehead atoms. The van der Waals surface area contributed by atoms with E-state index in [9.17, 15) is 4.79 Å². The zero-order chi connectivity index (χ0) is 23.0. The van der Waals surface area contributed by atoms with E-state index in [1.807, 2.05) is 60.6 Å². The summed E-state index contributed by atoms with van der Waals surface area (Å²) in [4.78, 5) is 16.4. The molecule has 2 saturated heterocycles. The van der Waals surface area contributed by atoms with Crippen LogP contribution < -0.4 is 5.46 Å². The first kappa shape index (κ1) is 23.7. The Bertz CT molecular complexity index is 845. The van der Waals surface area contributed by atoms with Gasteiger partial charge in [0.1, 0.15) is 5.60 Å². The lowest BCUT2D eigenvalue weighted by molar-refractivity contribution is 0.00578. The average molecular weight is 426 g/mol. The highest BCUT2D eigenvalue weighted by Crippen LogP contribution is 2.36. The summed E-state index contributed by atoms with van der Waals surface area (Å²) < 4.78 is 17.9. The molecule has 7 heteroatoms. The van der Waals surface area contributed by atoms with Crippen molar-refractivity contribution in [1.82, 2.24) is 9.80 Å². The molecule has 6 nitrogen and oxygen atoms in total. The van der Waals surface area contributed by atoms with Gasteiger partial charge < -0.3 is 18.9 Å². The first-order valence-corrected chi connectivity index (χ1v) is 11.0. The Morgan fingerprint density at radius 3 is 2.19 bits per heavy atom. The molecule has 168 valence electrons. The highest BCUT2D eigenvalue weighted by atomic mass is 16.7. The van der Waals surface area contributed by atoms with Gasteiger partial charge in [0.15, 0.2) is 0 Å². The largest absolute Gasteiger partial charge is 0.494 e. The monoisotopic (exact) mass is 426 g/mol. The van der Waals surface area contributed by atoms with Gasteiger partial charge in [-0.2, -0.15) is 0 Å². The number of hydrogen-bond acceptors (Lipinski definition) is 5. The smallest absolute Gasteiger partial charge is 0.444 e. The van der Waals surface area contributed by atoms with Gasteiger partial charge in [0.25, 0.3) is 0 Å². The molecule has 31 heavy (non-hydrogen) atoms. The zero-order valence-electron chi connectivity index (χ0n) is 19.9. The average Bonchev–Trinajstić information content (AvgIpc) is 2.88. The molecule has 0 spiro atoms. The lowest BCUT2D eigenvalue weighted by atomic mass is 9.77. The molecule has 0 N–H and O–H groups in total. The van der Waals surface area contributed by atoms with E-state index in [1.165, 1.54) is 0 Å². The predicted octanol–water partition coefficient (Wildman–Crippen LogP) is 3.02. The maximum Gasteiger partial charge on any atom is 0.494 e. The van der Waals surface area contributed by atoms with E-state index in [0.717, 1.165) is 36.2 Å². The number of ether oxygens (including phenoxy) is 1. The van der Waals surface area contributed by atoms with Crippen LogP contribution in [0.3, 0.4) is 0 Å². The van der Waals surface area contributed by atoms with E-state index in [1.54, 1.807) is 4.90 Å². The van der Waals surface area contributed by atoms with Crippen LogP contribution in [0.5, 0.6) is 0 Å². The molecule has 1 aromatic carbocycles. The van der Waals surface area contributed by atoms with Crippen molar-refractivity contribution in [1.29, 1.82) is 0 Å². The molecule has 0 radical (unpaired) electrons. The normalized spacial score (nSPS) is 21.1. The van der Waals surface area contributed by atoms with Gasteiger partial charge in [0, 0.05) is 38.3 Å². The minimum atomic E-state index is -0.478. The van der Waals surface area contributed by atoms with Crippen molar-refractivity contribution < 1.29 is 18.8 Å². The summed E-state index contributed by atoms with van der Waals surface area (Å²) >= 11 is 0. The molecular weight excluding hydrogens is 391 g/mol. The van der Waals surface area contributed by atoms with Crippen LogP contribution in [0.4, 0.5) is 4.79 Å². The fourth-order valence-electron chi connectivity index (χ4n) is 3.68. The summed E-state index contributed by atoms with van der Waals surface area (Å²) in [7, 11) is -0.443. The summed E-state index contributed by atoms with van der Waals surface area (Å²) in [6.45, 7) is 17.5. The van der Waals surface area contributed by atoms with Gasteiger partial charge in [0.2, 0.25) is 0 Å². The maximum absolute atomic E-state index is 12.3. The summed E-state index contributed by atoms with van der Waals surface area (Å²) in [5, 5.41) is 0. The van der Waals surface area contributed by atoms with Crippen LogP contribution in [0.1, 0.15) is 59.6 Å². The Labute approximate surface area is 187 Å². The Morgan fingerprint density at radius 1 is 1.10 bits per heavy atom. The number of piperazine rings is 1. The SMILES string of the molecule is C#Cc1cc(CN2CCN(C(=O)OC(C)(C)C)CC2)cc(B2OC(C)(C)C(C)(C)O2)c1. The van der Waals surface area contributed by atoms with Crippen molar-refractivity contribution in [2.24, 2.45) is 0 Å². The molecular formula is C24H35BN2O4. The molecule has 0 atom stereocenters. The van der Waals surface area contributed by atoms with Crippen LogP contribution in [0, 0.1) is 12.3 Å². The minimum Gasteiger partial charge on any atom is -0.444 e. The van der Waals surface area contributed by atoms with Crippen LogP contribution in [0.2, 0.25) is 0 Å². The Hall–Kier alpha value is -2.01. The first-order valence-electron chi connectivity index (χ1n) is 11.0. The lowest BCUT2D eigenvalue weighted by Gasteiger charge is -2.35. The lowest BCUT2D eigenvalue weighted by Crippen LogP contribution is -2.49. The maximum atomic E-state index is 12.3. The quantitative estimate of drug-likeness (QED) is 0.550. The summed E-state index contributed by atoms with van der Waals surface area (Å²) in [6.07, 6.45) is 5.48. The molecule has 2 aliphatic heterocycles. The minimum absolute atomic E-state index is 0.246. The third kappa shape index (κ3) is 5.62. The molecule has 2 aliphatic rings. The molecule has 2 fully saturated rings. The van der Waals surface area contributed by atoms with Gasteiger partial charge in [-0.25, -0.2) is 4.79 Å². The van der Waals surface area contributed by atoms with Gasteiger partial charge in [-0.15, -0.1) is 6.42 Å². The van der Waals surface area contributed by atoms with Crippen LogP contribution in [-0.2, 0) is 20.6 Å². The van der Waals surface area contributed by atoms with Gasteiger partial charge in [0.05, 0.1) is 11.2 Å². The number of hydrogen-bond donors (Lipinski definition) is 0. The van der Waals surface area contributed by atoms with Crippen molar-refractivity contribution in [2.75, 3.05) is 26.2 Å². The van der Waals surface area contributed by atoms with Crippen LogP contribution in [0.15, 0.2) is 18.2 Å². The number of benzene rings is 1. The number of rotatable bonds is 3. The summed E-state index contributed by atoms with van der Waals surface area (Å²) in [5.74, 6) is 2.75. The van der Waals surface area contributed by atoms with Gasteiger partial charge >= 0.3 is 13.2 Å². The second-order valence-corrected chi connectivity index (χ2v) is 10.4. The van der Waals surface area contributed by atoms with Crippen LogP contribution in [-0.4, -0.2) is 66.0 Å². The van der Waals surface area contributed by atoms with Crippen LogP contribution in [0.25, 0.3) is 0 Å². The molecule has 0 aromatic heterocycles. The molecule has 0 aliphatic carbocycles. The number of nitrogens with zero attached hydrogens (tertiary/aromatic N) is 2. The molecule has 0 unspecified atom stereocenters. The zero-order valence-corrected chi connectivity index (χ0v) is 19.9. The predicted molar refractivity (Wildman–Crippen MR) is 123 cm³/mol. The highest BCUT2D eigenvalue weighted by Gasteiger charge is 2.51. The third-order valence-corrected chi connectivity index (χ3v) is 6.14. The van der Waals surface area contributed by atoms with Gasteiger partial charge in [-0.1, -0.05) is 12.0 Å². The number of carbonyl (C=O) groups is 1. The molecule has 1 amide bonds. The van der Waals surface area contributed by atoms with E-state index in [4.69, 9.17) is 20.5 Å². The molecule has 3 rings (SSSR count). The molecule has 0 saturated carbocycles. The summed E-state index contributed by atoms with van der Waals surface area (Å²) in [5.41, 5.74) is 1.59. The Balaban J connectivity index is 1.66. The highest BCUT2D eigenvalue weighted by molar-refractivity contribution is 6.62. The van der Waals surface area contributed by atoms with Crippen molar-refractivity contribution in [3.8, 4) is 12.3 Å². The van der Waals surface area contributed by atoms with E-state index in [0.29, 0.717) is 13.1 Å². The third-order valence-electron chi connectivity index (χ3n) is 6.14. The Kier molecular flexibility index (Phi) is 6.48. The second kappa shape index (κ2) is 8.50. The van der Waals surface area contributed by atoms with Crippen molar-refractivity contribution in [2.45, 2.75) is 71.8 Å². The Morgan fingerprint density at radius 2 is 1.68 bits per heavy atom.